The van der Waals surface area contributed by atoms with E-state index in [1.165, 1.54) is 0 Å². The third kappa shape index (κ3) is 2.57. The minimum Gasteiger partial charge on any atom is -0.330 e. The van der Waals surface area contributed by atoms with E-state index in [2.05, 4.69) is 10.5 Å². The Hall–Kier alpha value is -0.810. The van der Waals surface area contributed by atoms with Gasteiger partial charge in [0.15, 0.2) is 0 Å². The van der Waals surface area contributed by atoms with E-state index in [1.807, 2.05) is 0 Å². The molecule has 76 valence electrons. The van der Waals surface area contributed by atoms with Crippen LogP contribution >= 0.6 is 0 Å². The molecule has 0 spiro atoms. The third-order valence-corrected chi connectivity index (χ3v) is 2.85. The van der Waals surface area contributed by atoms with Gasteiger partial charge in [0.1, 0.15) is 5.84 Å². The molecule has 0 radical (unpaired) electrons. The van der Waals surface area contributed by atoms with Gasteiger partial charge in [0.25, 0.3) is 0 Å². The maximum atomic E-state index is 5.59. The van der Waals surface area contributed by atoms with Crippen molar-refractivity contribution in [3.8, 4) is 0 Å². The van der Waals surface area contributed by atoms with Crippen LogP contribution in [0.1, 0.15) is 25.7 Å². The Bertz CT molecular complexity index is 171. The van der Waals surface area contributed by atoms with Crippen LogP contribution in [0, 0.1) is 11.8 Å². The van der Waals surface area contributed by atoms with Crippen LogP contribution in [-0.2, 0) is 0 Å². The van der Waals surface area contributed by atoms with E-state index in [-0.39, 0.29) is 0 Å². The predicted molar refractivity (Wildman–Crippen MR) is 53.4 cm³/mol. The van der Waals surface area contributed by atoms with Crippen molar-refractivity contribution >= 4 is 5.84 Å². The summed E-state index contributed by atoms with van der Waals surface area (Å²) in [5.74, 6) is 12.3. The van der Waals surface area contributed by atoms with Crippen molar-refractivity contribution in [2.75, 3.05) is 6.54 Å². The van der Waals surface area contributed by atoms with Gasteiger partial charge in [0.05, 0.1) is 0 Å². The Balaban J connectivity index is 2.40. The summed E-state index contributed by atoms with van der Waals surface area (Å²) in [4.78, 5) is 0. The molecule has 5 heteroatoms. The number of hydrazine groups is 1. The normalized spacial score (nSPS) is 30.2. The smallest absolute Gasteiger partial charge is 0.139 e. The fraction of sp³-hybridized carbons (Fsp3) is 0.875. The van der Waals surface area contributed by atoms with Crippen molar-refractivity contribution in [3.05, 3.63) is 0 Å². The van der Waals surface area contributed by atoms with E-state index in [0.29, 0.717) is 11.8 Å². The molecule has 1 saturated carbocycles. The van der Waals surface area contributed by atoms with Crippen molar-refractivity contribution in [1.29, 1.82) is 0 Å². The lowest BCUT2D eigenvalue weighted by molar-refractivity contribution is 0.325. The first-order chi connectivity index (χ1) is 6.31. The Morgan fingerprint density at radius 3 is 2.31 bits per heavy atom. The van der Waals surface area contributed by atoms with Gasteiger partial charge in [-0.15, -0.1) is 0 Å². The first-order valence-corrected chi connectivity index (χ1v) is 4.76. The van der Waals surface area contributed by atoms with Gasteiger partial charge in [-0.2, -0.15) is 5.10 Å². The Labute approximate surface area is 78.7 Å². The summed E-state index contributed by atoms with van der Waals surface area (Å²) in [7, 11) is 0. The summed E-state index contributed by atoms with van der Waals surface area (Å²) < 4.78 is 0. The maximum Gasteiger partial charge on any atom is 0.139 e. The molecule has 0 saturated heterocycles. The van der Waals surface area contributed by atoms with Crippen molar-refractivity contribution in [3.63, 3.8) is 0 Å². The van der Waals surface area contributed by atoms with E-state index in [0.717, 1.165) is 38.1 Å². The minimum absolute atomic E-state index is 0.401. The van der Waals surface area contributed by atoms with Crippen molar-refractivity contribution in [2.45, 2.75) is 25.7 Å². The molecule has 0 aromatic heterocycles. The zero-order valence-corrected chi connectivity index (χ0v) is 7.87. The second-order valence-electron chi connectivity index (χ2n) is 3.61. The van der Waals surface area contributed by atoms with Crippen LogP contribution in [0.5, 0.6) is 0 Å². The van der Waals surface area contributed by atoms with E-state index >= 15 is 0 Å². The number of amidine groups is 1. The van der Waals surface area contributed by atoms with Gasteiger partial charge in [-0.05, 0) is 38.1 Å². The van der Waals surface area contributed by atoms with Gasteiger partial charge in [-0.25, -0.2) is 5.84 Å². The van der Waals surface area contributed by atoms with Crippen LogP contribution in [0.3, 0.4) is 0 Å². The number of hydrazone groups is 1. The lowest BCUT2D eigenvalue weighted by Gasteiger charge is -2.27. The summed E-state index contributed by atoms with van der Waals surface area (Å²) in [6.07, 6.45) is 4.48. The van der Waals surface area contributed by atoms with Crippen LogP contribution in [0.15, 0.2) is 5.10 Å². The molecule has 0 heterocycles. The highest BCUT2D eigenvalue weighted by Gasteiger charge is 2.23. The Morgan fingerprint density at radius 2 is 1.92 bits per heavy atom. The number of nitrogens with one attached hydrogen (secondary N) is 1. The molecule has 5 nitrogen and oxygen atoms in total. The fourth-order valence-corrected chi connectivity index (χ4v) is 1.93. The van der Waals surface area contributed by atoms with Gasteiger partial charge in [0, 0.05) is 5.92 Å². The molecule has 0 aliphatic heterocycles. The standard InChI is InChI=1S/C8H19N5/c9-5-6-1-3-7(4-2-6)8(12-10)13-11/h6-7H,1-5,9-11H2,(H,12,13). The Morgan fingerprint density at radius 1 is 1.31 bits per heavy atom. The highest BCUT2D eigenvalue weighted by molar-refractivity contribution is 5.83. The van der Waals surface area contributed by atoms with Crippen molar-refractivity contribution in [1.82, 2.24) is 5.43 Å². The molecule has 13 heavy (non-hydrogen) atoms. The summed E-state index contributed by atoms with van der Waals surface area (Å²) in [5, 5.41) is 3.63. The molecule has 0 atom stereocenters. The summed E-state index contributed by atoms with van der Waals surface area (Å²) in [6.45, 7) is 0.790. The maximum absolute atomic E-state index is 5.59. The van der Waals surface area contributed by atoms with Crippen LogP contribution < -0.4 is 22.8 Å². The SMILES string of the molecule is NCC1CCC(/C(=N/N)NN)CC1. The molecular formula is C8H19N5. The van der Waals surface area contributed by atoms with Gasteiger partial charge >= 0.3 is 0 Å². The molecule has 0 aromatic rings. The average molecular weight is 185 g/mol. The first kappa shape index (κ1) is 10.3. The highest BCUT2D eigenvalue weighted by Crippen LogP contribution is 2.28. The van der Waals surface area contributed by atoms with Crippen LogP contribution in [0.2, 0.25) is 0 Å². The number of nitrogens with zero attached hydrogens (tertiary/aromatic N) is 1. The lowest BCUT2D eigenvalue weighted by atomic mass is 9.81. The van der Waals surface area contributed by atoms with E-state index in [9.17, 15) is 0 Å². The van der Waals surface area contributed by atoms with Crippen LogP contribution in [-0.4, -0.2) is 12.4 Å². The second-order valence-corrected chi connectivity index (χ2v) is 3.61. The molecular weight excluding hydrogens is 166 g/mol. The molecule has 1 aliphatic rings. The zero-order chi connectivity index (χ0) is 9.68. The van der Waals surface area contributed by atoms with E-state index in [4.69, 9.17) is 17.4 Å². The monoisotopic (exact) mass is 185 g/mol. The molecule has 0 unspecified atom stereocenters. The molecule has 1 rings (SSSR count). The van der Waals surface area contributed by atoms with E-state index in [1.54, 1.807) is 0 Å². The van der Waals surface area contributed by atoms with Gasteiger partial charge in [-0.1, -0.05) is 0 Å². The fourth-order valence-electron chi connectivity index (χ4n) is 1.93. The number of rotatable bonds is 2. The largest absolute Gasteiger partial charge is 0.330 e. The van der Waals surface area contributed by atoms with Crippen LogP contribution in [0.4, 0.5) is 0 Å². The number of hydrogen-bond donors (Lipinski definition) is 4. The number of nitrogens with two attached hydrogens (primary N) is 3. The minimum atomic E-state index is 0.401. The quantitative estimate of drug-likeness (QED) is 0.201. The Kier molecular flexibility index (Phi) is 3.98. The first-order valence-electron chi connectivity index (χ1n) is 4.76. The van der Waals surface area contributed by atoms with Gasteiger partial charge in [-0.3, -0.25) is 0 Å². The zero-order valence-electron chi connectivity index (χ0n) is 7.87. The summed E-state index contributed by atoms with van der Waals surface area (Å²) in [5.41, 5.74) is 8.14. The summed E-state index contributed by atoms with van der Waals surface area (Å²) >= 11 is 0. The van der Waals surface area contributed by atoms with E-state index < -0.39 is 0 Å². The topological polar surface area (TPSA) is 102 Å². The van der Waals surface area contributed by atoms with Gasteiger partial charge in [0.2, 0.25) is 0 Å². The van der Waals surface area contributed by atoms with Gasteiger partial charge < -0.3 is 17.0 Å². The second kappa shape index (κ2) is 5.04. The molecule has 0 bridgehead atoms. The van der Waals surface area contributed by atoms with Crippen LogP contribution in [0.25, 0.3) is 0 Å². The lowest BCUT2D eigenvalue weighted by Crippen LogP contribution is -2.39. The molecule has 7 N–H and O–H groups in total. The third-order valence-electron chi connectivity index (χ3n) is 2.85. The average Bonchev–Trinajstić information content (AvgIpc) is 2.21. The molecule has 0 amide bonds. The van der Waals surface area contributed by atoms with Crippen molar-refractivity contribution in [2.24, 2.45) is 34.4 Å². The molecule has 1 aliphatic carbocycles. The number of hydrogen-bond acceptors (Lipinski definition) is 4. The summed E-state index contributed by atoms with van der Waals surface area (Å²) in [6, 6.07) is 0. The predicted octanol–water partition coefficient (Wildman–Crippen LogP) is -0.513. The highest BCUT2D eigenvalue weighted by atomic mass is 15.3. The van der Waals surface area contributed by atoms with Crippen molar-refractivity contribution < 1.29 is 0 Å². The molecule has 0 aromatic carbocycles. The molecule has 1 fully saturated rings.